The number of rotatable bonds is 10. The largest absolute Gasteiger partial charge is 0.326 e. The summed E-state index contributed by atoms with van der Waals surface area (Å²) in [5.41, 5.74) is -0.832. The van der Waals surface area contributed by atoms with Crippen molar-refractivity contribution in [3.05, 3.63) is 93.5 Å². The van der Waals surface area contributed by atoms with Crippen LogP contribution in [0.1, 0.15) is 58.1 Å². The summed E-state index contributed by atoms with van der Waals surface area (Å²) in [5, 5.41) is 19.6. The Labute approximate surface area is 255 Å². The van der Waals surface area contributed by atoms with E-state index in [-0.39, 0.29) is 39.0 Å². The molecule has 0 bridgehead atoms. The normalized spacial score (nSPS) is 14.3. The Hall–Kier alpha value is -3.51. The molecule has 3 aromatic rings. The average molecular weight is 616 g/mol. The SMILES string of the molecule is CC(=O)Nc1ccc(NC(=O)CNC(CC(C)(C)C)C(C#N)(c2ccc(Cl)cc2F)C(C)c2cccc(Cl)c2F)cc1. The zero-order valence-electron chi connectivity index (χ0n) is 24.1. The van der Waals surface area contributed by atoms with Crippen LogP contribution in [0.4, 0.5) is 20.2 Å². The van der Waals surface area contributed by atoms with Crippen LogP contribution in [0.5, 0.6) is 0 Å². The minimum atomic E-state index is -1.69. The number of halogens is 4. The topological polar surface area (TPSA) is 94.0 Å². The lowest BCUT2D eigenvalue weighted by atomic mass is 9.61. The molecular formula is C32H34Cl2F2N4O2. The van der Waals surface area contributed by atoms with Crippen LogP contribution in [0, 0.1) is 28.4 Å². The summed E-state index contributed by atoms with van der Waals surface area (Å²) in [6.07, 6.45) is 0.327. The molecule has 222 valence electrons. The van der Waals surface area contributed by atoms with Crippen LogP contribution in [0.25, 0.3) is 0 Å². The van der Waals surface area contributed by atoms with Gasteiger partial charge >= 0.3 is 0 Å². The smallest absolute Gasteiger partial charge is 0.238 e. The van der Waals surface area contributed by atoms with Crippen LogP contribution in [-0.4, -0.2) is 24.4 Å². The van der Waals surface area contributed by atoms with Gasteiger partial charge in [0.2, 0.25) is 11.8 Å². The fourth-order valence-electron chi connectivity index (χ4n) is 5.15. The fraction of sp³-hybridized carbons (Fsp3) is 0.344. The summed E-state index contributed by atoms with van der Waals surface area (Å²) < 4.78 is 31.1. The predicted molar refractivity (Wildman–Crippen MR) is 164 cm³/mol. The third-order valence-corrected chi connectivity index (χ3v) is 7.58. The first-order valence-corrected chi connectivity index (χ1v) is 14.1. The van der Waals surface area contributed by atoms with Gasteiger partial charge in [-0.2, -0.15) is 5.26 Å². The Balaban J connectivity index is 2.04. The number of nitrogens with zero attached hydrogens (tertiary/aromatic N) is 1. The molecule has 6 nitrogen and oxygen atoms in total. The van der Waals surface area contributed by atoms with Gasteiger partial charge in [0.05, 0.1) is 17.6 Å². The van der Waals surface area contributed by atoms with E-state index in [2.05, 4.69) is 22.0 Å². The van der Waals surface area contributed by atoms with Crippen molar-refractivity contribution in [1.82, 2.24) is 5.32 Å². The molecule has 0 fully saturated rings. The lowest BCUT2D eigenvalue weighted by Gasteiger charge is -2.43. The van der Waals surface area contributed by atoms with E-state index in [0.717, 1.165) is 6.07 Å². The quantitative estimate of drug-likeness (QED) is 0.217. The van der Waals surface area contributed by atoms with Gasteiger partial charge in [0.15, 0.2) is 0 Å². The Morgan fingerprint density at radius 1 is 0.976 bits per heavy atom. The van der Waals surface area contributed by atoms with Crippen molar-refractivity contribution in [2.45, 2.75) is 58.4 Å². The zero-order valence-corrected chi connectivity index (χ0v) is 25.6. The molecule has 0 aliphatic heterocycles. The highest BCUT2D eigenvalue weighted by Crippen LogP contribution is 2.47. The molecule has 3 aromatic carbocycles. The average Bonchev–Trinajstić information content (AvgIpc) is 2.90. The first-order chi connectivity index (χ1) is 19.7. The number of nitriles is 1. The molecule has 3 unspecified atom stereocenters. The first-order valence-electron chi connectivity index (χ1n) is 13.4. The number of nitrogens with one attached hydrogen (secondary N) is 3. The number of amides is 2. The Bertz CT molecular complexity index is 1490. The van der Waals surface area contributed by atoms with Gasteiger partial charge in [-0.3, -0.25) is 9.59 Å². The number of hydrogen-bond donors (Lipinski definition) is 3. The predicted octanol–water partition coefficient (Wildman–Crippen LogP) is 7.83. The van der Waals surface area contributed by atoms with E-state index < -0.39 is 34.9 Å². The maximum Gasteiger partial charge on any atom is 0.238 e. The van der Waals surface area contributed by atoms with E-state index in [4.69, 9.17) is 23.2 Å². The molecule has 0 aliphatic carbocycles. The fourth-order valence-corrected chi connectivity index (χ4v) is 5.49. The minimum Gasteiger partial charge on any atom is -0.326 e. The second-order valence-corrected chi connectivity index (χ2v) is 12.3. The van der Waals surface area contributed by atoms with E-state index in [9.17, 15) is 14.9 Å². The maximum absolute atomic E-state index is 15.7. The summed E-state index contributed by atoms with van der Waals surface area (Å²) in [4.78, 5) is 24.3. The molecule has 0 heterocycles. The Kier molecular flexibility index (Phi) is 10.7. The van der Waals surface area contributed by atoms with Crippen LogP contribution in [0.3, 0.4) is 0 Å². The third-order valence-electron chi connectivity index (χ3n) is 7.06. The van der Waals surface area contributed by atoms with Gasteiger partial charge in [-0.25, -0.2) is 8.78 Å². The van der Waals surface area contributed by atoms with Crippen molar-refractivity contribution < 1.29 is 18.4 Å². The van der Waals surface area contributed by atoms with Gasteiger partial charge in [0, 0.05) is 40.8 Å². The van der Waals surface area contributed by atoms with Crippen LogP contribution in [0.15, 0.2) is 60.7 Å². The van der Waals surface area contributed by atoms with Crippen LogP contribution >= 0.6 is 23.2 Å². The molecule has 2 amide bonds. The number of hydrogen-bond acceptors (Lipinski definition) is 4. The second kappa shape index (κ2) is 13.6. The Morgan fingerprint density at radius 3 is 2.14 bits per heavy atom. The van der Waals surface area contributed by atoms with E-state index in [1.165, 1.54) is 31.2 Å². The highest BCUT2D eigenvalue weighted by Gasteiger charge is 2.49. The lowest BCUT2D eigenvalue weighted by molar-refractivity contribution is -0.116. The van der Waals surface area contributed by atoms with Gasteiger partial charge in [0.1, 0.15) is 17.0 Å². The van der Waals surface area contributed by atoms with Crippen molar-refractivity contribution in [2.24, 2.45) is 5.41 Å². The Morgan fingerprint density at radius 2 is 1.60 bits per heavy atom. The van der Waals surface area contributed by atoms with Crippen molar-refractivity contribution in [2.75, 3.05) is 17.2 Å². The summed E-state index contributed by atoms with van der Waals surface area (Å²) in [6.45, 7) is 8.71. The molecule has 10 heteroatoms. The van der Waals surface area contributed by atoms with E-state index in [1.807, 2.05) is 20.8 Å². The van der Waals surface area contributed by atoms with Crippen molar-refractivity contribution in [3.63, 3.8) is 0 Å². The van der Waals surface area contributed by atoms with Gasteiger partial charge in [-0.15, -0.1) is 0 Å². The zero-order chi connectivity index (χ0) is 31.2. The number of anilines is 2. The summed E-state index contributed by atoms with van der Waals surface area (Å²) in [6, 6.07) is 16.6. The molecule has 0 saturated carbocycles. The van der Waals surface area contributed by atoms with Crippen LogP contribution < -0.4 is 16.0 Å². The molecule has 0 spiro atoms. The monoisotopic (exact) mass is 614 g/mol. The van der Waals surface area contributed by atoms with Crippen molar-refractivity contribution >= 4 is 46.4 Å². The van der Waals surface area contributed by atoms with Gasteiger partial charge < -0.3 is 16.0 Å². The second-order valence-electron chi connectivity index (χ2n) is 11.5. The van der Waals surface area contributed by atoms with Gasteiger partial charge in [-0.05, 0) is 59.9 Å². The van der Waals surface area contributed by atoms with E-state index >= 15 is 8.78 Å². The third kappa shape index (κ3) is 7.86. The molecule has 3 N–H and O–H groups in total. The summed E-state index contributed by atoms with van der Waals surface area (Å²) in [5.74, 6) is -2.95. The van der Waals surface area contributed by atoms with Gasteiger partial charge in [-0.1, -0.05) is 69.1 Å². The highest BCUT2D eigenvalue weighted by atomic mass is 35.5. The molecule has 0 saturated heterocycles. The maximum atomic E-state index is 15.7. The van der Waals surface area contributed by atoms with Gasteiger partial charge in [0.25, 0.3) is 0 Å². The molecule has 0 aliphatic rings. The number of carbonyl (C=O) groups is 2. The van der Waals surface area contributed by atoms with Crippen LogP contribution in [-0.2, 0) is 15.0 Å². The van der Waals surface area contributed by atoms with Crippen molar-refractivity contribution in [1.29, 1.82) is 5.26 Å². The summed E-state index contributed by atoms with van der Waals surface area (Å²) in [7, 11) is 0. The molecule has 3 atom stereocenters. The molecule has 3 rings (SSSR count). The number of benzene rings is 3. The lowest BCUT2D eigenvalue weighted by Crippen LogP contribution is -2.54. The highest BCUT2D eigenvalue weighted by molar-refractivity contribution is 6.31. The number of carbonyl (C=O) groups excluding carboxylic acids is 2. The van der Waals surface area contributed by atoms with E-state index in [1.54, 1.807) is 37.3 Å². The molecular weight excluding hydrogens is 581 g/mol. The molecule has 0 aromatic heterocycles. The van der Waals surface area contributed by atoms with Crippen LogP contribution in [0.2, 0.25) is 10.0 Å². The van der Waals surface area contributed by atoms with Crippen molar-refractivity contribution in [3.8, 4) is 6.07 Å². The molecule has 0 radical (unpaired) electrons. The first kappa shape index (κ1) is 33.0. The molecule has 42 heavy (non-hydrogen) atoms. The summed E-state index contributed by atoms with van der Waals surface area (Å²) >= 11 is 12.2. The van der Waals surface area contributed by atoms with E-state index in [0.29, 0.717) is 17.8 Å². The minimum absolute atomic E-state index is 0.0250. The standard InChI is InChI=1S/C32H34Cl2F2N4O2/c1-19(24-7-6-8-26(34)30(24)36)32(18-37,25-14-9-21(33)15-27(25)35)28(16-31(3,4)5)38-17-29(42)40-23-12-10-22(11-13-23)39-20(2)41/h6-15,19,28,38H,16-17H2,1-5H3,(H,39,41)(H,40,42).